The highest BCUT2D eigenvalue weighted by atomic mass is 35.5. The van der Waals surface area contributed by atoms with Gasteiger partial charge in [0.1, 0.15) is 0 Å². The molecule has 0 saturated heterocycles. The molecular formula is C21H19ClN2O. The van der Waals surface area contributed by atoms with Crippen LogP contribution in [0.3, 0.4) is 0 Å². The zero-order valence-corrected chi connectivity index (χ0v) is 14.4. The second-order valence-electron chi connectivity index (χ2n) is 5.73. The Hall–Kier alpha value is -2.62. The van der Waals surface area contributed by atoms with E-state index in [4.69, 9.17) is 17.3 Å². The molecule has 0 spiro atoms. The van der Waals surface area contributed by atoms with Crippen LogP contribution >= 0.6 is 11.6 Å². The fraction of sp³-hybridized carbons (Fsp3) is 0.0952. The van der Waals surface area contributed by atoms with Crippen molar-refractivity contribution in [1.82, 2.24) is 5.32 Å². The van der Waals surface area contributed by atoms with Gasteiger partial charge in [-0.1, -0.05) is 72.3 Å². The monoisotopic (exact) mass is 350 g/mol. The molecule has 0 heterocycles. The van der Waals surface area contributed by atoms with Crippen molar-refractivity contribution in [2.24, 2.45) is 5.73 Å². The number of carbonyl (C=O) groups is 1. The van der Waals surface area contributed by atoms with Gasteiger partial charge in [0.2, 0.25) is 0 Å². The molecule has 0 radical (unpaired) electrons. The van der Waals surface area contributed by atoms with Crippen LogP contribution in [0.5, 0.6) is 0 Å². The standard InChI is InChI=1S/C21H19ClN2O/c22-19-12-5-4-11-18(19)16-9-6-10-17(13-16)21(25)24-20(14-23)15-7-2-1-3-8-15/h1-13,20H,14,23H2,(H,24,25)/t20-/m0/s1. The average Bonchev–Trinajstić information content (AvgIpc) is 2.67. The summed E-state index contributed by atoms with van der Waals surface area (Å²) >= 11 is 6.26. The van der Waals surface area contributed by atoms with Crippen molar-refractivity contribution < 1.29 is 4.79 Å². The first-order valence-corrected chi connectivity index (χ1v) is 8.47. The molecule has 1 amide bonds. The topological polar surface area (TPSA) is 55.1 Å². The van der Waals surface area contributed by atoms with E-state index in [-0.39, 0.29) is 11.9 Å². The van der Waals surface area contributed by atoms with Gasteiger partial charge in [-0.15, -0.1) is 0 Å². The average molecular weight is 351 g/mol. The quantitative estimate of drug-likeness (QED) is 0.714. The van der Waals surface area contributed by atoms with E-state index in [2.05, 4.69) is 5.32 Å². The minimum absolute atomic E-state index is 0.159. The maximum Gasteiger partial charge on any atom is 0.251 e. The van der Waals surface area contributed by atoms with E-state index in [0.717, 1.165) is 16.7 Å². The summed E-state index contributed by atoms with van der Waals surface area (Å²) in [7, 11) is 0. The molecule has 3 nitrogen and oxygen atoms in total. The predicted octanol–water partition coefficient (Wildman–Crippen LogP) is 4.44. The molecule has 0 aliphatic heterocycles. The fourth-order valence-electron chi connectivity index (χ4n) is 2.73. The Labute approximate surface area is 152 Å². The molecule has 0 bridgehead atoms. The number of halogens is 1. The number of nitrogens with two attached hydrogens (primary N) is 1. The van der Waals surface area contributed by atoms with Gasteiger partial charge >= 0.3 is 0 Å². The molecular weight excluding hydrogens is 332 g/mol. The van der Waals surface area contributed by atoms with Crippen molar-refractivity contribution in [2.75, 3.05) is 6.54 Å². The Morgan fingerprint density at radius 1 is 0.960 bits per heavy atom. The third-order valence-corrected chi connectivity index (χ3v) is 4.38. The Balaban J connectivity index is 1.83. The van der Waals surface area contributed by atoms with Crippen LogP contribution in [0.15, 0.2) is 78.9 Å². The molecule has 0 aliphatic carbocycles. The summed E-state index contributed by atoms with van der Waals surface area (Å²) in [5.74, 6) is -0.159. The lowest BCUT2D eigenvalue weighted by Gasteiger charge is -2.17. The minimum Gasteiger partial charge on any atom is -0.344 e. The lowest BCUT2D eigenvalue weighted by Crippen LogP contribution is -2.33. The summed E-state index contributed by atoms with van der Waals surface area (Å²) in [4.78, 5) is 12.7. The van der Waals surface area contributed by atoms with E-state index in [0.29, 0.717) is 17.1 Å². The van der Waals surface area contributed by atoms with E-state index in [9.17, 15) is 4.79 Å². The minimum atomic E-state index is -0.224. The number of nitrogens with one attached hydrogen (secondary N) is 1. The summed E-state index contributed by atoms with van der Waals surface area (Å²) in [6.45, 7) is 0.333. The molecule has 0 saturated carbocycles. The molecule has 0 unspecified atom stereocenters. The molecule has 3 N–H and O–H groups in total. The highest BCUT2D eigenvalue weighted by molar-refractivity contribution is 6.33. The normalized spacial score (nSPS) is 11.8. The third kappa shape index (κ3) is 4.08. The highest BCUT2D eigenvalue weighted by Gasteiger charge is 2.15. The first kappa shape index (κ1) is 17.2. The van der Waals surface area contributed by atoms with Crippen LogP contribution in [-0.2, 0) is 0 Å². The number of benzene rings is 3. The Morgan fingerprint density at radius 3 is 2.40 bits per heavy atom. The van der Waals surface area contributed by atoms with Gasteiger partial charge < -0.3 is 11.1 Å². The smallest absolute Gasteiger partial charge is 0.251 e. The van der Waals surface area contributed by atoms with Gasteiger partial charge in [0.05, 0.1) is 6.04 Å². The zero-order valence-electron chi connectivity index (χ0n) is 13.7. The molecule has 0 aliphatic rings. The lowest BCUT2D eigenvalue weighted by atomic mass is 10.0. The summed E-state index contributed by atoms with van der Waals surface area (Å²) in [5, 5.41) is 3.65. The number of amides is 1. The summed E-state index contributed by atoms with van der Waals surface area (Å²) in [6.07, 6.45) is 0. The van der Waals surface area contributed by atoms with Crippen LogP contribution in [0.25, 0.3) is 11.1 Å². The summed E-state index contributed by atoms with van der Waals surface area (Å²) in [6, 6.07) is 24.5. The maximum atomic E-state index is 12.7. The van der Waals surface area contributed by atoms with E-state index in [1.54, 1.807) is 6.07 Å². The van der Waals surface area contributed by atoms with Crippen molar-refractivity contribution in [3.8, 4) is 11.1 Å². The Kier molecular flexibility index (Phi) is 5.49. The van der Waals surface area contributed by atoms with Crippen LogP contribution in [0.1, 0.15) is 22.0 Å². The second-order valence-corrected chi connectivity index (χ2v) is 6.14. The van der Waals surface area contributed by atoms with Crippen LogP contribution in [0.4, 0.5) is 0 Å². The van der Waals surface area contributed by atoms with Crippen LogP contribution in [0.2, 0.25) is 5.02 Å². The first-order valence-electron chi connectivity index (χ1n) is 8.10. The number of hydrogen-bond donors (Lipinski definition) is 2. The molecule has 0 aromatic heterocycles. The molecule has 25 heavy (non-hydrogen) atoms. The van der Waals surface area contributed by atoms with Crippen molar-refractivity contribution in [1.29, 1.82) is 0 Å². The van der Waals surface area contributed by atoms with Crippen LogP contribution < -0.4 is 11.1 Å². The number of hydrogen-bond acceptors (Lipinski definition) is 2. The van der Waals surface area contributed by atoms with Gasteiger partial charge in [-0.2, -0.15) is 0 Å². The molecule has 3 rings (SSSR count). The SMILES string of the molecule is NC[C@H](NC(=O)c1cccc(-c2ccccc2Cl)c1)c1ccccc1. The molecule has 126 valence electrons. The van der Waals surface area contributed by atoms with Crippen molar-refractivity contribution >= 4 is 17.5 Å². The van der Waals surface area contributed by atoms with E-state index < -0.39 is 0 Å². The second kappa shape index (κ2) is 7.97. The Morgan fingerprint density at radius 2 is 1.68 bits per heavy atom. The van der Waals surface area contributed by atoms with E-state index in [1.165, 1.54) is 0 Å². The third-order valence-electron chi connectivity index (χ3n) is 4.05. The van der Waals surface area contributed by atoms with Gasteiger partial charge in [0, 0.05) is 22.7 Å². The predicted molar refractivity (Wildman–Crippen MR) is 103 cm³/mol. The molecule has 3 aromatic rings. The number of carbonyl (C=O) groups excluding carboxylic acids is 1. The van der Waals surface area contributed by atoms with E-state index >= 15 is 0 Å². The van der Waals surface area contributed by atoms with Crippen molar-refractivity contribution in [2.45, 2.75) is 6.04 Å². The van der Waals surface area contributed by atoms with Gasteiger partial charge in [-0.3, -0.25) is 4.79 Å². The first-order chi connectivity index (χ1) is 12.2. The molecule has 0 fully saturated rings. The van der Waals surface area contributed by atoms with Gasteiger partial charge in [-0.05, 0) is 29.3 Å². The van der Waals surface area contributed by atoms with Gasteiger partial charge in [0.15, 0.2) is 0 Å². The molecule has 4 heteroatoms. The largest absolute Gasteiger partial charge is 0.344 e. The molecule has 3 aromatic carbocycles. The summed E-state index contributed by atoms with van der Waals surface area (Å²) in [5.41, 5.74) is 9.21. The van der Waals surface area contributed by atoms with Crippen LogP contribution in [0, 0.1) is 0 Å². The highest BCUT2D eigenvalue weighted by Crippen LogP contribution is 2.28. The lowest BCUT2D eigenvalue weighted by molar-refractivity contribution is 0.0938. The molecule has 1 atom stereocenters. The summed E-state index contributed by atoms with van der Waals surface area (Å²) < 4.78 is 0. The number of rotatable bonds is 5. The van der Waals surface area contributed by atoms with Crippen molar-refractivity contribution in [3.05, 3.63) is 95.0 Å². The maximum absolute atomic E-state index is 12.7. The van der Waals surface area contributed by atoms with Gasteiger partial charge in [-0.25, -0.2) is 0 Å². The van der Waals surface area contributed by atoms with E-state index in [1.807, 2.05) is 72.8 Å². The van der Waals surface area contributed by atoms with Gasteiger partial charge in [0.25, 0.3) is 5.91 Å². The zero-order chi connectivity index (χ0) is 17.6. The fourth-order valence-corrected chi connectivity index (χ4v) is 2.97. The Bertz CT molecular complexity index is 865. The van der Waals surface area contributed by atoms with Crippen molar-refractivity contribution in [3.63, 3.8) is 0 Å². The van der Waals surface area contributed by atoms with Crippen LogP contribution in [-0.4, -0.2) is 12.5 Å².